The third-order valence-electron chi connectivity index (χ3n) is 6.77. The predicted molar refractivity (Wildman–Crippen MR) is 122 cm³/mol. The van der Waals surface area contributed by atoms with Crippen LogP contribution >= 0.6 is 0 Å². The highest BCUT2D eigenvalue weighted by atomic mass is 16.5. The number of hydrogen-bond donors (Lipinski definition) is 4. The molecule has 11 heteroatoms. The number of benzene rings is 1. The lowest BCUT2D eigenvalue weighted by Crippen LogP contribution is -2.53. The average molecular weight is 498 g/mol. The first-order valence-corrected chi connectivity index (χ1v) is 11.3. The van der Waals surface area contributed by atoms with Crippen LogP contribution in [0.15, 0.2) is 48.4 Å². The highest BCUT2D eigenvalue weighted by Crippen LogP contribution is 2.38. The van der Waals surface area contributed by atoms with Gasteiger partial charge in [-0.2, -0.15) is 0 Å². The third-order valence-corrected chi connectivity index (χ3v) is 6.77. The van der Waals surface area contributed by atoms with Gasteiger partial charge in [0, 0.05) is 34.7 Å². The van der Waals surface area contributed by atoms with Crippen molar-refractivity contribution >= 4 is 39.7 Å². The van der Waals surface area contributed by atoms with Crippen LogP contribution in [0, 0.1) is 11.8 Å². The number of hydrogen-bond acceptors (Lipinski definition) is 8. The molecule has 0 fully saturated rings. The molecule has 11 nitrogen and oxygen atoms in total. The number of nitrogens with zero attached hydrogens (tertiary/aromatic N) is 1. The number of pyridine rings is 1. The van der Waals surface area contributed by atoms with Gasteiger partial charge in [0.05, 0.1) is 30.8 Å². The number of carboxylic acid groups (broad SMARTS) is 2. The van der Waals surface area contributed by atoms with Crippen LogP contribution in [-0.2, 0) is 36.8 Å². The van der Waals surface area contributed by atoms with Crippen molar-refractivity contribution in [1.82, 2.24) is 4.98 Å². The first kappa shape index (κ1) is 25.1. The SMILES string of the molecule is COC(=O)C1=COC(C)C2C[n+]3ccc4c([nH]c5ccccc54)c3CC12.O=C([O-])C(O)C(O)C(=O)O. The van der Waals surface area contributed by atoms with Crippen LogP contribution in [0.3, 0.4) is 0 Å². The van der Waals surface area contributed by atoms with Crippen molar-refractivity contribution in [1.29, 1.82) is 0 Å². The predicted octanol–water partition coefficient (Wildman–Crippen LogP) is -0.585. The molecule has 0 bridgehead atoms. The van der Waals surface area contributed by atoms with Crippen molar-refractivity contribution in [2.75, 3.05) is 7.11 Å². The van der Waals surface area contributed by atoms with E-state index in [-0.39, 0.29) is 23.9 Å². The number of para-hydroxylation sites is 1. The molecule has 1 aromatic carbocycles. The second kappa shape index (κ2) is 9.96. The Morgan fingerprint density at radius 3 is 2.53 bits per heavy atom. The maximum absolute atomic E-state index is 12.3. The largest absolute Gasteiger partial charge is 0.547 e. The minimum absolute atomic E-state index is 0.0764. The van der Waals surface area contributed by atoms with Crippen molar-refractivity contribution in [3.63, 3.8) is 0 Å². The Hall–Kier alpha value is -3.96. The third kappa shape index (κ3) is 4.50. The molecule has 36 heavy (non-hydrogen) atoms. The van der Waals surface area contributed by atoms with Gasteiger partial charge in [0.2, 0.25) is 5.69 Å². The minimum Gasteiger partial charge on any atom is -0.547 e. The van der Waals surface area contributed by atoms with E-state index in [1.54, 1.807) is 6.26 Å². The second-order valence-corrected chi connectivity index (χ2v) is 8.80. The topological polar surface area (TPSA) is 173 Å². The van der Waals surface area contributed by atoms with Gasteiger partial charge in [-0.1, -0.05) is 18.2 Å². The lowest BCUT2D eigenvalue weighted by Gasteiger charge is -2.36. The number of carboxylic acids is 2. The standard InChI is InChI=1S/C21H20N2O3.C4H6O6/c1-12-16-10-23-8-7-14-13-5-3-4-6-18(13)22-20(14)19(23)9-15(16)17(11-26-12)21(24)25-2;5-1(3(7)8)2(6)4(9)10/h3-8,11-12,15-16H,9-10H2,1-2H3;1-2,5-6H,(H,7,8)(H,9,10). The quantitative estimate of drug-likeness (QED) is 0.271. The summed E-state index contributed by atoms with van der Waals surface area (Å²) in [6.45, 7) is 2.91. The summed E-state index contributed by atoms with van der Waals surface area (Å²) >= 11 is 0. The van der Waals surface area contributed by atoms with Gasteiger partial charge >= 0.3 is 11.9 Å². The number of carbonyl (C=O) groups is 3. The maximum atomic E-state index is 12.3. The Morgan fingerprint density at radius 2 is 1.89 bits per heavy atom. The van der Waals surface area contributed by atoms with Crippen LogP contribution in [0.5, 0.6) is 0 Å². The number of esters is 1. The first-order chi connectivity index (χ1) is 17.1. The van der Waals surface area contributed by atoms with E-state index in [2.05, 4.69) is 46.9 Å². The molecular weight excluding hydrogens is 472 g/mol. The van der Waals surface area contributed by atoms with E-state index in [4.69, 9.17) is 24.8 Å². The zero-order chi connectivity index (χ0) is 26.1. The minimum atomic E-state index is -2.38. The van der Waals surface area contributed by atoms with Gasteiger partial charge in [-0.3, -0.25) is 0 Å². The monoisotopic (exact) mass is 498 g/mol. The van der Waals surface area contributed by atoms with Crippen molar-refractivity contribution in [3.8, 4) is 0 Å². The molecular formula is C25H26N2O9. The average Bonchev–Trinajstić information content (AvgIpc) is 3.26. The van der Waals surface area contributed by atoms with Crippen LogP contribution < -0.4 is 9.67 Å². The Kier molecular flexibility index (Phi) is 6.95. The molecule has 190 valence electrons. The molecule has 2 aromatic heterocycles. The van der Waals surface area contributed by atoms with Gasteiger partial charge in [0.25, 0.3) is 0 Å². The van der Waals surface area contributed by atoms with E-state index in [1.807, 2.05) is 6.07 Å². The van der Waals surface area contributed by atoms with Crippen LogP contribution in [0.2, 0.25) is 0 Å². The number of methoxy groups -OCH3 is 1. The molecule has 0 radical (unpaired) electrons. The van der Waals surface area contributed by atoms with Gasteiger partial charge in [-0.05, 0) is 13.0 Å². The van der Waals surface area contributed by atoms with E-state index < -0.39 is 24.1 Å². The number of nitrogens with one attached hydrogen (secondary N) is 1. The summed E-state index contributed by atoms with van der Waals surface area (Å²) in [5.41, 5.74) is 4.19. The molecule has 0 amide bonds. The fraction of sp³-hybridized carbons (Fsp3) is 0.360. The summed E-state index contributed by atoms with van der Waals surface area (Å²) in [7, 11) is 1.43. The van der Waals surface area contributed by atoms with Gasteiger partial charge in [0.15, 0.2) is 18.8 Å². The molecule has 0 saturated carbocycles. The van der Waals surface area contributed by atoms with E-state index in [0.29, 0.717) is 5.57 Å². The molecule has 0 aliphatic carbocycles. The summed E-state index contributed by atoms with van der Waals surface area (Å²) < 4.78 is 13.0. The van der Waals surface area contributed by atoms with Gasteiger partial charge in [-0.25, -0.2) is 14.2 Å². The number of aliphatic carboxylic acids is 2. The Morgan fingerprint density at radius 1 is 1.17 bits per heavy atom. The number of rotatable bonds is 4. The van der Waals surface area contributed by atoms with Crippen LogP contribution in [0.4, 0.5) is 0 Å². The van der Waals surface area contributed by atoms with Crippen molar-refractivity contribution in [2.24, 2.45) is 11.8 Å². The van der Waals surface area contributed by atoms with Crippen LogP contribution in [0.25, 0.3) is 21.8 Å². The second-order valence-electron chi connectivity index (χ2n) is 8.80. The van der Waals surface area contributed by atoms with Gasteiger partial charge in [0.1, 0.15) is 17.7 Å². The number of ether oxygens (including phenoxy) is 2. The van der Waals surface area contributed by atoms with E-state index >= 15 is 0 Å². The van der Waals surface area contributed by atoms with E-state index in [0.717, 1.165) is 24.0 Å². The molecule has 2 aliphatic rings. The van der Waals surface area contributed by atoms with Gasteiger partial charge < -0.3 is 39.7 Å². The van der Waals surface area contributed by atoms with E-state index in [1.165, 1.54) is 23.6 Å². The molecule has 5 rings (SSSR count). The first-order valence-electron chi connectivity index (χ1n) is 11.3. The zero-order valence-corrected chi connectivity index (χ0v) is 19.6. The Bertz CT molecular complexity index is 1340. The number of carbonyl (C=O) groups excluding carboxylic acids is 2. The lowest BCUT2D eigenvalue weighted by molar-refractivity contribution is -0.717. The molecule has 5 unspecified atom stereocenters. The maximum Gasteiger partial charge on any atom is 0.337 e. The summed E-state index contributed by atoms with van der Waals surface area (Å²) in [5, 5.41) is 36.6. The fourth-order valence-electron chi connectivity index (χ4n) is 4.83. The smallest absolute Gasteiger partial charge is 0.337 e. The lowest BCUT2D eigenvalue weighted by atomic mass is 9.76. The number of aromatic amines is 1. The van der Waals surface area contributed by atoms with Crippen LogP contribution in [0.1, 0.15) is 12.6 Å². The molecule has 0 spiro atoms. The van der Waals surface area contributed by atoms with Crippen molar-refractivity contribution in [3.05, 3.63) is 54.1 Å². The summed E-state index contributed by atoms with van der Waals surface area (Å²) in [6, 6.07) is 10.5. The summed E-state index contributed by atoms with van der Waals surface area (Å²) in [6.07, 6.45) is -0.0611. The molecule has 2 aliphatic heterocycles. The molecule has 3 aromatic rings. The van der Waals surface area contributed by atoms with Crippen molar-refractivity contribution < 1.29 is 48.9 Å². The molecule has 4 N–H and O–H groups in total. The Labute approximate surface area is 205 Å². The fourth-order valence-corrected chi connectivity index (χ4v) is 4.83. The highest BCUT2D eigenvalue weighted by molar-refractivity contribution is 6.07. The van der Waals surface area contributed by atoms with E-state index in [9.17, 15) is 19.5 Å². The van der Waals surface area contributed by atoms with Gasteiger partial charge in [-0.15, -0.1) is 0 Å². The molecule has 4 heterocycles. The number of aromatic nitrogens is 2. The normalized spacial score (nSPS) is 22.1. The molecule has 0 saturated heterocycles. The van der Waals surface area contributed by atoms with Crippen LogP contribution in [-0.4, -0.2) is 63.6 Å². The number of H-pyrrole nitrogens is 1. The Balaban J connectivity index is 0.000000261. The number of fused-ring (bicyclic) bond motifs is 6. The summed E-state index contributed by atoms with van der Waals surface area (Å²) in [5.74, 6) is -3.74. The highest BCUT2D eigenvalue weighted by Gasteiger charge is 2.45. The molecule has 5 atom stereocenters. The number of aliphatic hydroxyl groups is 2. The number of aliphatic hydroxyl groups excluding tert-OH is 2. The van der Waals surface area contributed by atoms with Crippen molar-refractivity contribution in [2.45, 2.75) is 38.2 Å². The zero-order valence-electron chi connectivity index (χ0n) is 19.6. The summed E-state index contributed by atoms with van der Waals surface area (Å²) in [4.78, 5) is 35.2.